The van der Waals surface area contributed by atoms with Crippen molar-refractivity contribution < 1.29 is 17.6 Å². The van der Waals surface area contributed by atoms with Gasteiger partial charge in [-0.15, -0.1) is 0 Å². The molecule has 8 heteroatoms. The fraction of sp³-hybridized carbons (Fsp3) is 0.667. The fourth-order valence-corrected chi connectivity index (χ4v) is 4.78. The van der Waals surface area contributed by atoms with Crippen molar-refractivity contribution in [1.29, 1.82) is 0 Å². The van der Waals surface area contributed by atoms with Gasteiger partial charge in [-0.05, 0) is 35.7 Å². The van der Waals surface area contributed by atoms with Crippen LogP contribution < -0.4 is 5.73 Å². The van der Waals surface area contributed by atoms with Gasteiger partial charge in [-0.1, -0.05) is 0 Å². The maximum atomic E-state index is 12.6. The average molecular weight is 367 g/mol. The Labute approximate surface area is 127 Å². The van der Waals surface area contributed by atoms with Crippen LogP contribution >= 0.6 is 15.9 Å². The molecule has 1 atom stereocenters. The number of piperidine rings is 1. The van der Waals surface area contributed by atoms with Crippen LogP contribution in [0.3, 0.4) is 0 Å². The van der Waals surface area contributed by atoms with Crippen molar-refractivity contribution >= 4 is 26.0 Å². The second-order valence-corrected chi connectivity index (χ2v) is 7.26. The van der Waals surface area contributed by atoms with Gasteiger partial charge in [0.1, 0.15) is 10.7 Å². The summed E-state index contributed by atoms with van der Waals surface area (Å²) in [5.41, 5.74) is 5.47. The number of hydrogen-bond donors (Lipinski definition) is 1. The first-order chi connectivity index (χ1) is 9.48. The van der Waals surface area contributed by atoms with Crippen LogP contribution in [0, 0.1) is 0 Å². The highest BCUT2D eigenvalue weighted by molar-refractivity contribution is 9.10. The van der Waals surface area contributed by atoms with Crippen LogP contribution in [0.1, 0.15) is 25.5 Å². The lowest BCUT2D eigenvalue weighted by Gasteiger charge is -2.31. The molecule has 6 nitrogen and oxygen atoms in total. The van der Waals surface area contributed by atoms with Crippen molar-refractivity contribution in [3.05, 3.63) is 16.5 Å². The van der Waals surface area contributed by atoms with E-state index in [9.17, 15) is 8.42 Å². The van der Waals surface area contributed by atoms with E-state index in [1.165, 1.54) is 10.4 Å². The number of hydrogen-bond acceptors (Lipinski definition) is 5. The number of ether oxygens (including phenoxy) is 1. The molecule has 0 aromatic carbocycles. The molecule has 1 saturated heterocycles. The molecule has 2 heterocycles. The molecule has 0 radical (unpaired) electrons. The summed E-state index contributed by atoms with van der Waals surface area (Å²) in [7, 11) is -3.58. The molecule has 114 valence electrons. The fourth-order valence-electron chi connectivity index (χ4n) is 2.31. The molecule has 20 heavy (non-hydrogen) atoms. The highest BCUT2D eigenvalue weighted by Gasteiger charge is 2.33. The minimum atomic E-state index is -3.58. The third kappa shape index (κ3) is 3.25. The second kappa shape index (κ2) is 6.57. The van der Waals surface area contributed by atoms with Crippen molar-refractivity contribution in [1.82, 2.24) is 4.31 Å². The highest BCUT2D eigenvalue weighted by Crippen LogP contribution is 2.30. The van der Waals surface area contributed by atoms with E-state index in [1.54, 1.807) is 0 Å². The average Bonchev–Trinajstić information content (AvgIpc) is 2.81. The Balaban J connectivity index is 2.22. The van der Waals surface area contributed by atoms with E-state index in [-0.39, 0.29) is 22.2 Å². The standard InChI is InChI=1S/C12H19BrN2O4S/c1-2-18-9-4-3-5-15(8-9)20(16,17)11-6-10(7-14)19-12(11)13/h6,9H,2-5,7-8,14H2,1H3. The number of nitrogens with two attached hydrogens (primary N) is 1. The Morgan fingerprint density at radius 3 is 2.95 bits per heavy atom. The predicted molar refractivity (Wildman–Crippen MR) is 77.7 cm³/mol. The van der Waals surface area contributed by atoms with Crippen molar-refractivity contribution in [2.75, 3.05) is 19.7 Å². The van der Waals surface area contributed by atoms with Gasteiger partial charge < -0.3 is 14.9 Å². The summed E-state index contributed by atoms with van der Waals surface area (Å²) >= 11 is 3.15. The lowest BCUT2D eigenvalue weighted by atomic mass is 10.1. The molecule has 0 bridgehead atoms. The number of rotatable bonds is 5. The van der Waals surface area contributed by atoms with Crippen LogP contribution in [0.5, 0.6) is 0 Å². The minimum absolute atomic E-state index is 0.0387. The Hall–Kier alpha value is -0.410. The van der Waals surface area contributed by atoms with Crippen molar-refractivity contribution in [3.8, 4) is 0 Å². The van der Waals surface area contributed by atoms with Gasteiger partial charge in [-0.2, -0.15) is 4.31 Å². The Kier molecular flexibility index (Phi) is 5.25. The molecule has 1 aliphatic heterocycles. The molecule has 0 aliphatic carbocycles. The van der Waals surface area contributed by atoms with Gasteiger partial charge >= 0.3 is 0 Å². The van der Waals surface area contributed by atoms with Gasteiger partial charge in [0.05, 0.1) is 12.6 Å². The lowest BCUT2D eigenvalue weighted by molar-refractivity contribution is 0.0265. The molecule has 2 rings (SSSR count). The van der Waals surface area contributed by atoms with E-state index >= 15 is 0 Å². The summed E-state index contributed by atoms with van der Waals surface area (Å²) in [5.74, 6) is 0.439. The zero-order chi connectivity index (χ0) is 14.8. The summed E-state index contributed by atoms with van der Waals surface area (Å²) in [6, 6.07) is 1.48. The second-order valence-electron chi connectivity index (χ2n) is 4.64. The van der Waals surface area contributed by atoms with Crippen LogP contribution in [0.15, 0.2) is 20.0 Å². The van der Waals surface area contributed by atoms with Gasteiger partial charge in [-0.25, -0.2) is 8.42 Å². The SMILES string of the molecule is CCOC1CCCN(S(=O)(=O)c2cc(CN)oc2Br)C1. The van der Waals surface area contributed by atoms with Gasteiger partial charge in [0, 0.05) is 25.8 Å². The van der Waals surface area contributed by atoms with E-state index in [0.29, 0.717) is 25.5 Å². The van der Waals surface area contributed by atoms with Crippen LogP contribution in [0.4, 0.5) is 0 Å². The maximum absolute atomic E-state index is 12.6. The van der Waals surface area contributed by atoms with E-state index in [0.717, 1.165) is 12.8 Å². The molecule has 0 amide bonds. The van der Waals surface area contributed by atoms with Crippen LogP contribution in [0.2, 0.25) is 0 Å². The summed E-state index contributed by atoms with van der Waals surface area (Å²) in [4.78, 5) is 0.134. The lowest BCUT2D eigenvalue weighted by Crippen LogP contribution is -2.43. The third-order valence-corrected chi connectivity index (χ3v) is 5.99. The van der Waals surface area contributed by atoms with Crippen LogP contribution in [-0.4, -0.2) is 38.5 Å². The molecule has 0 saturated carbocycles. The zero-order valence-electron chi connectivity index (χ0n) is 11.3. The normalized spacial score (nSPS) is 21.2. The Morgan fingerprint density at radius 2 is 2.35 bits per heavy atom. The minimum Gasteiger partial charge on any atom is -0.452 e. The van der Waals surface area contributed by atoms with E-state index in [1.807, 2.05) is 6.92 Å². The smallest absolute Gasteiger partial charge is 0.247 e. The van der Waals surface area contributed by atoms with E-state index < -0.39 is 10.0 Å². The number of sulfonamides is 1. The monoisotopic (exact) mass is 366 g/mol. The van der Waals surface area contributed by atoms with Crippen LogP contribution in [0.25, 0.3) is 0 Å². The number of halogens is 1. The molecular formula is C12H19BrN2O4S. The van der Waals surface area contributed by atoms with Crippen molar-refractivity contribution in [2.24, 2.45) is 5.73 Å². The van der Waals surface area contributed by atoms with Gasteiger partial charge in [0.15, 0.2) is 4.67 Å². The van der Waals surface area contributed by atoms with Crippen molar-refractivity contribution in [2.45, 2.75) is 37.3 Å². The highest BCUT2D eigenvalue weighted by atomic mass is 79.9. The summed E-state index contributed by atoms with van der Waals surface area (Å²) in [6.45, 7) is 3.54. The Morgan fingerprint density at radius 1 is 1.60 bits per heavy atom. The molecule has 1 aromatic heterocycles. The topological polar surface area (TPSA) is 85.8 Å². The van der Waals surface area contributed by atoms with E-state index in [2.05, 4.69) is 15.9 Å². The van der Waals surface area contributed by atoms with Crippen LogP contribution in [-0.2, 0) is 21.3 Å². The van der Waals surface area contributed by atoms with Gasteiger partial charge in [0.25, 0.3) is 0 Å². The first-order valence-electron chi connectivity index (χ1n) is 6.59. The summed E-state index contributed by atoms with van der Waals surface area (Å²) in [6.07, 6.45) is 1.65. The molecule has 1 unspecified atom stereocenters. The summed E-state index contributed by atoms with van der Waals surface area (Å²) in [5, 5.41) is 0. The van der Waals surface area contributed by atoms with Gasteiger partial charge in [0.2, 0.25) is 10.0 Å². The maximum Gasteiger partial charge on any atom is 0.247 e. The molecule has 2 N–H and O–H groups in total. The molecule has 1 aromatic rings. The number of furan rings is 1. The predicted octanol–water partition coefficient (Wildman–Crippen LogP) is 1.69. The van der Waals surface area contributed by atoms with Gasteiger partial charge in [-0.3, -0.25) is 0 Å². The third-order valence-electron chi connectivity index (χ3n) is 3.27. The molecule has 1 fully saturated rings. The summed E-state index contributed by atoms with van der Waals surface area (Å²) < 4.78 is 37.7. The van der Waals surface area contributed by atoms with E-state index in [4.69, 9.17) is 14.9 Å². The number of nitrogens with zero attached hydrogens (tertiary/aromatic N) is 1. The first-order valence-corrected chi connectivity index (χ1v) is 8.82. The quantitative estimate of drug-likeness (QED) is 0.856. The van der Waals surface area contributed by atoms with Crippen molar-refractivity contribution in [3.63, 3.8) is 0 Å². The Bertz CT molecular complexity index is 556. The largest absolute Gasteiger partial charge is 0.452 e. The molecule has 0 spiro atoms. The first kappa shape index (κ1) is 16.0. The molecule has 1 aliphatic rings. The zero-order valence-corrected chi connectivity index (χ0v) is 13.7. The molecular weight excluding hydrogens is 348 g/mol.